The first kappa shape index (κ1) is 19.2. The monoisotopic (exact) mass is 355 g/mol. The van der Waals surface area contributed by atoms with Gasteiger partial charge in [0.15, 0.2) is 0 Å². The van der Waals surface area contributed by atoms with Crippen molar-refractivity contribution in [3.63, 3.8) is 0 Å². The number of pyridine rings is 1. The molecule has 0 aliphatic rings. The Labute approximate surface area is 153 Å². The highest BCUT2D eigenvalue weighted by atomic mass is 16.1. The standard InChI is InChI=1S/C19H25N5O2/c1-12(2)7-8-21-17-10-18(22-11-16(17)19(20)26)24-15-6-4-5-14(9-15)23-13(3)25/h4-6,9-12H,7-8H2,1-3H3,(H2,20,26)(H,23,25)(H2,21,22,24). The molecule has 7 nitrogen and oxygen atoms in total. The van der Waals surface area contributed by atoms with Crippen molar-refractivity contribution in [1.82, 2.24) is 4.98 Å². The van der Waals surface area contributed by atoms with Crippen molar-refractivity contribution in [1.29, 1.82) is 0 Å². The summed E-state index contributed by atoms with van der Waals surface area (Å²) >= 11 is 0. The minimum absolute atomic E-state index is 0.136. The van der Waals surface area contributed by atoms with Crippen molar-refractivity contribution in [2.75, 3.05) is 22.5 Å². The fourth-order valence-corrected chi connectivity index (χ4v) is 2.39. The van der Waals surface area contributed by atoms with E-state index in [2.05, 4.69) is 34.8 Å². The Morgan fingerprint density at radius 1 is 1.19 bits per heavy atom. The maximum atomic E-state index is 11.6. The van der Waals surface area contributed by atoms with Gasteiger partial charge in [-0.2, -0.15) is 0 Å². The van der Waals surface area contributed by atoms with Crippen LogP contribution in [0, 0.1) is 5.92 Å². The van der Waals surface area contributed by atoms with Crippen LogP contribution in [0.25, 0.3) is 0 Å². The Morgan fingerprint density at radius 3 is 2.58 bits per heavy atom. The zero-order valence-electron chi connectivity index (χ0n) is 15.3. The zero-order chi connectivity index (χ0) is 19.1. The third-order valence-electron chi connectivity index (χ3n) is 3.66. The minimum atomic E-state index is -0.524. The lowest BCUT2D eigenvalue weighted by Crippen LogP contribution is -2.16. The second-order valence-electron chi connectivity index (χ2n) is 6.48. The van der Waals surface area contributed by atoms with Crippen molar-refractivity contribution < 1.29 is 9.59 Å². The lowest BCUT2D eigenvalue weighted by atomic mass is 10.1. The van der Waals surface area contributed by atoms with Crippen LogP contribution < -0.4 is 21.7 Å². The Bertz CT molecular complexity index is 789. The highest BCUT2D eigenvalue weighted by Gasteiger charge is 2.11. The molecule has 0 radical (unpaired) electrons. The number of amides is 2. The van der Waals surface area contributed by atoms with Gasteiger partial charge in [0.25, 0.3) is 5.91 Å². The molecule has 1 heterocycles. The predicted molar refractivity (Wildman–Crippen MR) is 105 cm³/mol. The van der Waals surface area contributed by atoms with E-state index >= 15 is 0 Å². The van der Waals surface area contributed by atoms with Gasteiger partial charge in [0.2, 0.25) is 5.91 Å². The summed E-state index contributed by atoms with van der Waals surface area (Å²) in [4.78, 5) is 27.0. The number of carbonyl (C=O) groups is 2. The Balaban J connectivity index is 2.19. The van der Waals surface area contributed by atoms with Crippen LogP contribution in [0.3, 0.4) is 0 Å². The molecule has 0 saturated heterocycles. The van der Waals surface area contributed by atoms with Gasteiger partial charge in [0.1, 0.15) is 5.82 Å². The molecule has 0 bridgehead atoms. The lowest BCUT2D eigenvalue weighted by Gasteiger charge is -2.14. The fourth-order valence-electron chi connectivity index (χ4n) is 2.39. The van der Waals surface area contributed by atoms with Gasteiger partial charge < -0.3 is 21.7 Å². The molecule has 138 valence electrons. The van der Waals surface area contributed by atoms with Gasteiger partial charge in [-0.15, -0.1) is 0 Å². The number of hydrogen-bond donors (Lipinski definition) is 4. The van der Waals surface area contributed by atoms with Gasteiger partial charge in [0.05, 0.1) is 11.3 Å². The van der Waals surface area contributed by atoms with Crippen molar-refractivity contribution >= 4 is 34.7 Å². The smallest absolute Gasteiger partial charge is 0.252 e. The van der Waals surface area contributed by atoms with Gasteiger partial charge in [-0.3, -0.25) is 9.59 Å². The molecule has 26 heavy (non-hydrogen) atoms. The molecule has 5 N–H and O–H groups in total. The molecular weight excluding hydrogens is 330 g/mol. The molecule has 0 spiro atoms. The van der Waals surface area contributed by atoms with Gasteiger partial charge in [0, 0.05) is 37.1 Å². The third kappa shape index (κ3) is 5.77. The van der Waals surface area contributed by atoms with Crippen molar-refractivity contribution in [2.45, 2.75) is 27.2 Å². The number of anilines is 4. The molecule has 2 amide bonds. The van der Waals surface area contributed by atoms with Gasteiger partial charge in [-0.05, 0) is 30.5 Å². The van der Waals surface area contributed by atoms with E-state index in [1.165, 1.54) is 13.1 Å². The number of aromatic nitrogens is 1. The second kappa shape index (κ2) is 8.84. The van der Waals surface area contributed by atoms with E-state index in [0.29, 0.717) is 28.7 Å². The first-order valence-corrected chi connectivity index (χ1v) is 8.53. The number of nitrogens with two attached hydrogens (primary N) is 1. The summed E-state index contributed by atoms with van der Waals surface area (Å²) in [6.07, 6.45) is 2.43. The Kier molecular flexibility index (Phi) is 6.54. The van der Waals surface area contributed by atoms with Crippen LogP contribution in [0.2, 0.25) is 0 Å². The summed E-state index contributed by atoms with van der Waals surface area (Å²) in [5.74, 6) is 0.462. The number of primary amides is 1. The van der Waals surface area contributed by atoms with Crippen LogP contribution in [0.4, 0.5) is 22.9 Å². The largest absolute Gasteiger partial charge is 0.384 e. The topological polar surface area (TPSA) is 109 Å². The molecule has 2 rings (SSSR count). The average molecular weight is 355 g/mol. The summed E-state index contributed by atoms with van der Waals surface area (Å²) in [5.41, 5.74) is 7.89. The minimum Gasteiger partial charge on any atom is -0.384 e. The van der Waals surface area contributed by atoms with Gasteiger partial charge >= 0.3 is 0 Å². The average Bonchev–Trinajstić information content (AvgIpc) is 2.54. The summed E-state index contributed by atoms with van der Waals surface area (Å²) in [6, 6.07) is 9.05. The van der Waals surface area contributed by atoms with Crippen molar-refractivity contribution in [2.24, 2.45) is 11.7 Å². The van der Waals surface area contributed by atoms with Crippen LogP contribution in [0.1, 0.15) is 37.6 Å². The first-order chi connectivity index (χ1) is 12.3. The molecular formula is C19H25N5O2. The predicted octanol–water partition coefficient (Wildman–Crippen LogP) is 3.34. The number of benzene rings is 1. The maximum Gasteiger partial charge on any atom is 0.252 e. The number of hydrogen-bond acceptors (Lipinski definition) is 5. The summed E-state index contributed by atoms with van der Waals surface area (Å²) in [7, 11) is 0. The molecule has 7 heteroatoms. The normalized spacial score (nSPS) is 10.5. The van der Waals surface area contributed by atoms with E-state index in [1.54, 1.807) is 18.2 Å². The fraction of sp³-hybridized carbons (Fsp3) is 0.316. The highest BCUT2D eigenvalue weighted by molar-refractivity contribution is 5.98. The van der Waals surface area contributed by atoms with Crippen LogP contribution >= 0.6 is 0 Å². The van der Waals surface area contributed by atoms with Crippen LogP contribution in [0.15, 0.2) is 36.5 Å². The van der Waals surface area contributed by atoms with E-state index in [4.69, 9.17) is 5.73 Å². The SMILES string of the molecule is CC(=O)Nc1cccc(Nc2cc(NCCC(C)C)c(C(N)=O)cn2)c1. The molecule has 1 aromatic heterocycles. The summed E-state index contributed by atoms with van der Waals surface area (Å²) < 4.78 is 0. The molecule has 0 fully saturated rings. The molecule has 2 aromatic rings. The molecule has 0 aliphatic carbocycles. The number of rotatable bonds is 8. The first-order valence-electron chi connectivity index (χ1n) is 8.53. The third-order valence-corrected chi connectivity index (χ3v) is 3.66. The number of nitrogens with zero attached hydrogens (tertiary/aromatic N) is 1. The van der Waals surface area contributed by atoms with E-state index < -0.39 is 5.91 Å². The summed E-state index contributed by atoms with van der Waals surface area (Å²) in [5, 5.41) is 9.15. The van der Waals surface area contributed by atoms with Crippen LogP contribution in [0.5, 0.6) is 0 Å². The van der Waals surface area contributed by atoms with Gasteiger partial charge in [-0.1, -0.05) is 19.9 Å². The number of nitrogens with one attached hydrogen (secondary N) is 3. The van der Waals surface area contributed by atoms with Gasteiger partial charge in [-0.25, -0.2) is 4.98 Å². The van der Waals surface area contributed by atoms with E-state index in [1.807, 2.05) is 12.1 Å². The maximum absolute atomic E-state index is 11.6. The Morgan fingerprint density at radius 2 is 1.92 bits per heavy atom. The Hall–Kier alpha value is -3.09. The van der Waals surface area contributed by atoms with E-state index in [9.17, 15) is 9.59 Å². The van der Waals surface area contributed by atoms with Crippen molar-refractivity contribution in [3.05, 3.63) is 42.1 Å². The zero-order valence-corrected chi connectivity index (χ0v) is 15.3. The number of carbonyl (C=O) groups excluding carboxylic acids is 2. The molecule has 1 aromatic carbocycles. The quantitative estimate of drug-likeness (QED) is 0.581. The molecule has 0 atom stereocenters. The summed E-state index contributed by atoms with van der Waals surface area (Å²) in [6.45, 7) is 6.47. The lowest BCUT2D eigenvalue weighted by molar-refractivity contribution is -0.114. The van der Waals surface area contributed by atoms with Crippen molar-refractivity contribution in [3.8, 4) is 0 Å². The van der Waals surface area contributed by atoms with Crippen LogP contribution in [-0.4, -0.2) is 23.3 Å². The van der Waals surface area contributed by atoms with E-state index in [-0.39, 0.29) is 5.91 Å². The highest BCUT2D eigenvalue weighted by Crippen LogP contribution is 2.23. The van der Waals surface area contributed by atoms with Crippen LogP contribution in [-0.2, 0) is 4.79 Å². The second-order valence-corrected chi connectivity index (χ2v) is 6.48. The molecule has 0 aliphatic heterocycles. The molecule has 0 saturated carbocycles. The van der Waals surface area contributed by atoms with E-state index in [0.717, 1.165) is 18.7 Å². The molecule has 0 unspecified atom stereocenters.